The van der Waals surface area contributed by atoms with E-state index >= 15 is 0 Å². The van der Waals surface area contributed by atoms with Gasteiger partial charge in [-0.25, -0.2) is 15.0 Å². The van der Waals surface area contributed by atoms with Crippen molar-refractivity contribution in [3.05, 3.63) is 33.0 Å². The van der Waals surface area contributed by atoms with E-state index in [9.17, 15) is 10.1 Å². The zero-order valence-electron chi connectivity index (χ0n) is 11.0. The molecule has 0 aliphatic carbocycles. The molecule has 2 N–H and O–H groups in total. The lowest BCUT2D eigenvalue weighted by Gasteiger charge is -2.13. The highest BCUT2D eigenvalue weighted by Crippen LogP contribution is 2.31. The Morgan fingerprint density at radius 3 is 2.75 bits per heavy atom. The molecule has 2 rings (SSSR count). The topological polar surface area (TPSA) is 106 Å². The Labute approximate surface area is 119 Å². The highest BCUT2D eigenvalue weighted by Gasteiger charge is 2.24. The second kappa shape index (κ2) is 6.24. The zero-order chi connectivity index (χ0) is 14.5. The molecule has 0 saturated heterocycles. The van der Waals surface area contributed by atoms with Gasteiger partial charge in [-0.15, -0.1) is 11.3 Å². The molecule has 8 nitrogen and oxygen atoms in total. The summed E-state index contributed by atoms with van der Waals surface area (Å²) in [7, 11) is 0. The third-order valence-corrected chi connectivity index (χ3v) is 3.48. The fourth-order valence-corrected chi connectivity index (χ4v) is 2.32. The third kappa shape index (κ3) is 2.99. The summed E-state index contributed by atoms with van der Waals surface area (Å²) in [6, 6.07) is -0.168. The van der Waals surface area contributed by atoms with Crippen molar-refractivity contribution in [2.75, 3.05) is 17.2 Å². The van der Waals surface area contributed by atoms with E-state index in [2.05, 4.69) is 25.6 Å². The first-order valence-electron chi connectivity index (χ1n) is 6.02. The maximum atomic E-state index is 11.2. The van der Waals surface area contributed by atoms with E-state index in [-0.39, 0.29) is 23.4 Å². The summed E-state index contributed by atoms with van der Waals surface area (Å²) < 4.78 is 0. The van der Waals surface area contributed by atoms with Gasteiger partial charge >= 0.3 is 5.69 Å². The van der Waals surface area contributed by atoms with Crippen LogP contribution in [0.2, 0.25) is 0 Å². The molecule has 106 valence electrons. The van der Waals surface area contributed by atoms with E-state index in [0.29, 0.717) is 6.54 Å². The van der Waals surface area contributed by atoms with Gasteiger partial charge in [-0.1, -0.05) is 0 Å². The van der Waals surface area contributed by atoms with Crippen molar-refractivity contribution in [3.8, 4) is 0 Å². The number of hydrogen-bond acceptors (Lipinski definition) is 8. The second-order valence-corrected chi connectivity index (χ2v) is 4.87. The lowest BCUT2D eigenvalue weighted by Crippen LogP contribution is -2.12. The highest BCUT2D eigenvalue weighted by atomic mass is 32.1. The molecule has 20 heavy (non-hydrogen) atoms. The fourth-order valence-electron chi connectivity index (χ4n) is 1.67. The average Bonchev–Trinajstić information content (AvgIpc) is 2.92. The number of nitro groups is 1. The summed E-state index contributed by atoms with van der Waals surface area (Å²) in [5.41, 5.74) is -0.155. The Morgan fingerprint density at radius 1 is 1.40 bits per heavy atom. The van der Waals surface area contributed by atoms with Gasteiger partial charge in [-0.3, -0.25) is 10.1 Å². The van der Waals surface area contributed by atoms with E-state index < -0.39 is 4.92 Å². The monoisotopic (exact) mass is 294 g/mol. The molecule has 0 aromatic carbocycles. The SMILES string of the molecule is CCNc1ncnc(NC(C)c2nccs2)c1[N+](=O)[O-]. The molecule has 2 heterocycles. The summed E-state index contributed by atoms with van der Waals surface area (Å²) in [6.07, 6.45) is 2.98. The number of rotatable bonds is 6. The fraction of sp³-hybridized carbons (Fsp3) is 0.364. The van der Waals surface area contributed by atoms with Gasteiger partial charge in [-0.05, 0) is 13.8 Å². The first-order valence-corrected chi connectivity index (χ1v) is 6.90. The van der Waals surface area contributed by atoms with Gasteiger partial charge in [0.15, 0.2) is 0 Å². The number of aromatic nitrogens is 3. The van der Waals surface area contributed by atoms with Gasteiger partial charge in [0.25, 0.3) is 0 Å². The van der Waals surface area contributed by atoms with Crippen molar-refractivity contribution >= 4 is 28.7 Å². The molecule has 0 fully saturated rings. The van der Waals surface area contributed by atoms with Crippen LogP contribution in [0.3, 0.4) is 0 Å². The van der Waals surface area contributed by atoms with E-state index in [1.54, 1.807) is 6.20 Å². The van der Waals surface area contributed by atoms with Crippen LogP contribution in [0.15, 0.2) is 17.9 Å². The Balaban J connectivity index is 2.31. The highest BCUT2D eigenvalue weighted by molar-refractivity contribution is 7.09. The zero-order valence-corrected chi connectivity index (χ0v) is 11.8. The largest absolute Gasteiger partial charge is 0.364 e. The van der Waals surface area contributed by atoms with E-state index in [4.69, 9.17) is 0 Å². The van der Waals surface area contributed by atoms with Crippen molar-refractivity contribution in [2.45, 2.75) is 19.9 Å². The molecule has 2 aromatic heterocycles. The van der Waals surface area contributed by atoms with Crippen LogP contribution in [0.4, 0.5) is 17.3 Å². The average molecular weight is 294 g/mol. The quantitative estimate of drug-likeness (QED) is 0.622. The molecule has 1 atom stereocenters. The maximum Gasteiger partial charge on any atom is 0.353 e. The second-order valence-electron chi connectivity index (χ2n) is 3.94. The molecule has 0 spiro atoms. The molecule has 0 bridgehead atoms. The van der Waals surface area contributed by atoms with Crippen LogP contribution >= 0.6 is 11.3 Å². The minimum absolute atomic E-state index is 0.155. The van der Waals surface area contributed by atoms with Crippen LogP contribution in [-0.4, -0.2) is 26.4 Å². The Morgan fingerprint density at radius 2 is 2.15 bits per heavy atom. The van der Waals surface area contributed by atoms with Gasteiger partial charge < -0.3 is 10.6 Å². The van der Waals surface area contributed by atoms with Gasteiger partial charge in [0.1, 0.15) is 11.3 Å². The van der Waals surface area contributed by atoms with Gasteiger partial charge in [0, 0.05) is 18.1 Å². The predicted molar refractivity (Wildman–Crippen MR) is 77.0 cm³/mol. The maximum absolute atomic E-state index is 11.2. The summed E-state index contributed by atoms with van der Waals surface area (Å²) in [5, 5.41) is 19.8. The lowest BCUT2D eigenvalue weighted by molar-refractivity contribution is -0.383. The van der Waals surface area contributed by atoms with E-state index in [1.165, 1.54) is 17.7 Å². The molecule has 9 heteroatoms. The molecular formula is C11H14N6O2S. The summed E-state index contributed by atoms with van der Waals surface area (Å²) in [4.78, 5) is 22.8. The lowest BCUT2D eigenvalue weighted by atomic mass is 10.3. The number of hydrogen-bond donors (Lipinski definition) is 2. The summed E-state index contributed by atoms with van der Waals surface area (Å²) in [6.45, 7) is 4.26. The summed E-state index contributed by atoms with van der Waals surface area (Å²) >= 11 is 1.48. The van der Waals surface area contributed by atoms with Crippen molar-refractivity contribution in [2.24, 2.45) is 0 Å². The first-order chi connectivity index (χ1) is 9.63. The standard InChI is InChI=1S/C11H14N6O2S/c1-3-12-9-8(17(18)19)10(15-6-14-9)16-7(2)11-13-4-5-20-11/h4-7H,3H2,1-2H3,(H2,12,14,15,16). The predicted octanol–water partition coefficient (Wildman–Crippen LogP) is 2.45. The normalized spacial score (nSPS) is 11.9. The summed E-state index contributed by atoms with van der Waals surface area (Å²) in [5.74, 6) is 0.394. The van der Waals surface area contributed by atoms with E-state index in [0.717, 1.165) is 5.01 Å². The Bertz CT molecular complexity index is 589. The molecule has 0 radical (unpaired) electrons. The van der Waals surface area contributed by atoms with Crippen molar-refractivity contribution in [1.82, 2.24) is 15.0 Å². The molecule has 0 aliphatic heterocycles. The van der Waals surface area contributed by atoms with Crippen LogP contribution in [-0.2, 0) is 0 Å². The van der Waals surface area contributed by atoms with Crippen molar-refractivity contribution < 1.29 is 4.92 Å². The number of nitrogens with zero attached hydrogens (tertiary/aromatic N) is 4. The van der Waals surface area contributed by atoms with Gasteiger partial charge in [-0.2, -0.15) is 0 Å². The van der Waals surface area contributed by atoms with Crippen molar-refractivity contribution in [3.63, 3.8) is 0 Å². The molecular weight excluding hydrogens is 280 g/mol. The van der Waals surface area contributed by atoms with Crippen LogP contribution in [0.5, 0.6) is 0 Å². The van der Waals surface area contributed by atoms with Crippen LogP contribution in [0.25, 0.3) is 0 Å². The molecule has 1 unspecified atom stereocenters. The Kier molecular flexibility index (Phi) is 4.41. The molecule has 0 amide bonds. The minimum Gasteiger partial charge on any atom is -0.364 e. The number of nitrogens with one attached hydrogen (secondary N) is 2. The smallest absolute Gasteiger partial charge is 0.353 e. The first kappa shape index (κ1) is 14.1. The van der Waals surface area contributed by atoms with Gasteiger partial charge in [0.2, 0.25) is 11.6 Å². The molecule has 0 aliphatic rings. The minimum atomic E-state index is -0.491. The van der Waals surface area contributed by atoms with Crippen LogP contribution in [0, 0.1) is 10.1 Å². The van der Waals surface area contributed by atoms with Crippen molar-refractivity contribution in [1.29, 1.82) is 0 Å². The third-order valence-electron chi connectivity index (χ3n) is 2.52. The van der Waals surface area contributed by atoms with Gasteiger partial charge in [0.05, 0.1) is 11.0 Å². The van der Waals surface area contributed by atoms with Crippen LogP contribution < -0.4 is 10.6 Å². The van der Waals surface area contributed by atoms with E-state index in [1.807, 2.05) is 19.2 Å². The molecule has 2 aromatic rings. The Hall–Kier alpha value is -2.29. The number of anilines is 2. The molecule has 0 saturated carbocycles. The number of thiazole rings is 1. The van der Waals surface area contributed by atoms with Crippen LogP contribution in [0.1, 0.15) is 24.9 Å².